The maximum Gasteiger partial charge on any atom is 0.319 e. The van der Waals surface area contributed by atoms with Gasteiger partial charge in [-0.15, -0.1) is 0 Å². The Bertz CT molecular complexity index is 815. The van der Waals surface area contributed by atoms with E-state index in [0.717, 1.165) is 44.3 Å². The standard InChI is InChI=1S/C22H26FN3O2/c1-16(17-9-11-19(23)12-10-17)24-22(28)25-20-8-6-7-18(15-20)21(27)26-13-4-2-3-5-14-26/h6-12,15-16H,2-5,13-14H2,1H3,(H2,24,25,28). The molecular weight excluding hydrogens is 357 g/mol. The van der Waals surface area contributed by atoms with Gasteiger partial charge in [-0.2, -0.15) is 0 Å². The van der Waals surface area contributed by atoms with E-state index < -0.39 is 0 Å². The number of carbonyl (C=O) groups is 2. The van der Waals surface area contributed by atoms with Gasteiger partial charge in [0, 0.05) is 24.3 Å². The Kier molecular flexibility index (Phi) is 6.63. The van der Waals surface area contributed by atoms with Crippen molar-refractivity contribution in [1.29, 1.82) is 0 Å². The zero-order chi connectivity index (χ0) is 19.9. The van der Waals surface area contributed by atoms with Crippen molar-refractivity contribution >= 4 is 17.6 Å². The summed E-state index contributed by atoms with van der Waals surface area (Å²) in [5.74, 6) is -0.308. The molecule has 1 heterocycles. The number of anilines is 1. The van der Waals surface area contributed by atoms with E-state index in [1.807, 2.05) is 11.8 Å². The van der Waals surface area contributed by atoms with Crippen LogP contribution in [0.3, 0.4) is 0 Å². The molecule has 1 unspecified atom stereocenters. The van der Waals surface area contributed by atoms with Gasteiger partial charge in [-0.1, -0.05) is 31.0 Å². The highest BCUT2D eigenvalue weighted by molar-refractivity contribution is 5.97. The number of nitrogens with zero attached hydrogens (tertiary/aromatic N) is 1. The van der Waals surface area contributed by atoms with Gasteiger partial charge in [0.15, 0.2) is 0 Å². The lowest BCUT2D eigenvalue weighted by Crippen LogP contribution is -2.32. The minimum atomic E-state index is -0.379. The van der Waals surface area contributed by atoms with Crippen LogP contribution in [0.2, 0.25) is 0 Å². The van der Waals surface area contributed by atoms with Gasteiger partial charge in [0.25, 0.3) is 5.91 Å². The first-order chi connectivity index (χ1) is 13.5. The van der Waals surface area contributed by atoms with Crippen molar-refractivity contribution < 1.29 is 14.0 Å². The Labute approximate surface area is 164 Å². The maximum absolute atomic E-state index is 13.0. The van der Waals surface area contributed by atoms with Crippen LogP contribution >= 0.6 is 0 Å². The molecule has 148 valence electrons. The molecule has 0 aromatic heterocycles. The number of halogens is 1. The Morgan fingerprint density at radius 1 is 1.00 bits per heavy atom. The summed E-state index contributed by atoms with van der Waals surface area (Å²) in [7, 11) is 0. The second kappa shape index (κ2) is 9.35. The van der Waals surface area contributed by atoms with Crippen molar-refractivity contribution in [3.63, 3.8) is 0 Å². The Morgan fingerprint density at radius 2 is 1.68 bits per heavy atom. The molecule has 0 radical (unpaired) electrons. The van der Waals surface area contributed by atoms with E-state index in [9.17, 15) is 14.0 Å². The van der Waals surface area contributed by atoms with Crippen LogP contribution in [0.4, 0.5) is 14.9 Å². The van der Waals surface area contributed by atoms with Crippen LogP contribution in [0.5, 0.6) is 0 Å². The van der Waals surface area contributed by atoms with E-state index in [4.69, 9.17) is 0 Å². The lowest BCUT2D eigenvalue weighted by atomic mass is 10.1. The predicted octanol–water partition coefficient (Wildman–Crippen LogP) is 4.72. The van der Waals surface area contributed by atoms with E-state index in [0.29, 0.717) is 11.3 Å². The van der Waals surface area contributed by atoms with Crippen LogP contribution in [-0.2, 0) is 0 Å². The third-order valence-corrected chi connectivity index (χ3v) is 4.98. The summed E-state index contributed by atoms with van der Waals surface area (Å²) >= 11 is 0. The highest BCUT2D eigenvalue weighted by Crippen LogP contribution is 2.17. The van der Waals surface area contributed by atoms with Crippen LogP contribution in [0.1, 0.15) is 54.6 Å². The van der Waals surface area contributed by atoms with Gasteiger partial charge in [-0.05, 0) is 55.7 Å². The van der Waals surface area contributed by atoms with E-state index >= 15 is 0 Å². The number of nitrogens with one attached hydrogen (secondary N) is 2. The van der Waals surface area contributed by atoms with Gasteiger partial charge in [-0.3, -0.25) is 4.79 Å². The fraction of sp³-hybridized carbons (Fsp3) is 0.364. The van der Waals surface area contributed by atoms with Gasteiger partial charge in [0.1, 0.15) is 5.82 Å². The maximum atomic E-state index is 13.0. The molecule has 0 spiro atoms. The molecule has 6 heteroatoms. The van der Waals surface area contributed by atoms with E-state index in [1.165, 1.54) is 12.1 Å². The number of carbonyl (C=O) groups excluding carboxylic acids is 2. The molecular formula is C22H26FN3O2. The van der Waals surface area contributed by atoms with Crippen LogP contribution in [-0.4, -0.2) is 29.9 Å². The molecule has 2 aromatic rings. The lowest BCUT2D eigenvalue weighted by Gasteiger charge is -2.20. The largest absolute Gasteiger partial charge is 0.339 e. The van der Waals surface area contributed by atoms with Gasteiger partial charge in [-0.25, -0.2) is 9.18 Å². The molecule has 1 saturated heterocycles. The molecule has 2 N–H and O–H groups in total. The number of amides is 3. The van der Waals surface area contributed by atoms with Crippen molar-refractivity contribution in [2.24, 2.45) is 0 Å². The summed E-state index contributed by atoms with van der Waals surface area (Å²) in [6.45, 7) is 3.39. The van der Waals surface area contributed by atoms with Crippen molar-refractivity contribution in [1.82, 2.24) is 10.2 Å². The Balaban J connectivity index is 1.61. The molecule has 0 bridgehead atoms. The molecule has 2 aromatic carbocycles. The van der Waals surface area contributed by atoms with Gasteiger partial charge >= 0.3 is 6.03 Å². The highest BCUT2D eigenvalue weighted by Gasteiger charge is 2.18. The molecule has 1 atom stereocenters. The van der Waals surface area contributed by atoms with Crippen LogP contribution in [0.15, 0.2) is 48.5 Å². The molecule has 5 nitrogen and oxygen atoms in total. The van der Waals surface area contributed by atoms with Gasteiger partial charge in [0.05, 0.1) is 6.04 Å². The quantitative estimate of drug-likeness (QED) is 0.802. The highest BCUT2D eigenvalue weighted by atomic mass is 19.1. The topological polar surface area (TPSA) is 61.4 Å². The summed E-state index contributed by atoms with van der Waals surface area (Å²) in [6, 6.07) is 12.4. The first-order valence-electron chi connectivity index (χ1n) is 9.75. The average molecular weight is 383 g/mol. The second-order valence-electron chi connectivity index (χ2n) is 7.16. The third-order valence-electron chi connectivity index (χ3n) is 4.98. The van der Waals surface area contributed by atoms with Gasteiger partial charge < -0.3 is 15.5 Å². The number of urea groups is 1. The normalized spacial score (nSPS) is 15.4. The van der Waals surface area contributed by atoms with Crippen molar-refractivity contribution in [3.8, 4) is 0 Å². The minimum absolute atomic E-state index is 0.00522. The summed E-state index contributed by atoms with van der Waals surface area (Å²) in [6.07, 6.45) is 4.40. The second-order valence-corrected chi connectivity index (χ2v) is 7.16. The molecule has 3 rings (SSSR count). The number of likely N-dealkylation sites (tertiary alicyclic amines) is 1. The van der Waals surface area contributed by atoms with Crippen molar-refractivity contribution in [3.05, 3.63) is 65.5 Å². The fourth-order valence-corrected chi connectivity index (χ4v) is 3.38. The minimum Gasteiger partial charge on any atom is -0.339 e. The summed E-state index contributed by atoms with van der Waals surface area (Å²) in [5.41, 5.74) is 1.94. The SMILES string of the molecule is CC(NC(=O)Nc1cccc(C(=O)N2CCCCCC2)c1)c1ccc(F)cc1. The molecule has 1 aliphatic rings. The molecule has 0 aliphatic carbocycles. The Morgan fingerprint density at radius 3 is 2.36 bits per heavy atom. The summed E-state index contributed by atoms with van der Waals surface area (Å²) in [5, 5.41) is 5.59. The lowest BCUT2D eigenvalue weighted by molar-refractivity contribution is 0.0761. The molecule has 1 aliphatic heterocycles. The van der Waals surface area contributed by atoms with E-state index in [1.54, 1.807) is 36.4 Å². The number of benzene rings is 2. The first-order valence-corrected chi connectivity index (χ1v) is 9.75. The van der Waals surface area contributed by atoms with Crippen molar-refractivity contribution in [2.75, 3.05) is 18.4 Å². The zero-order valence-electron chi connectivity index (χ0n) is 16.1. The van der Waals surface area contributed by atoms with Crippen LogP contribution in [0, 0.1) is 5.82 Å². The third kappa shape index (κ3) is 5.31. The first kappa shape index (κ1) is 19.9. The monoisotopic (exact) mass is 383 g/mol. The predicted molar refractivity (Wildman–Crippen MR) is 108 cm³/mol. The zero-order valence-corrected chi connectivity index (χ0v) is 16.1. The number of rotatable bonds is 4. The van der Waals surface area contributed by atoms with Crippen LogP contribution in [0.25, 0.3) is 0 Å². The fourth-order valence-electron chi connectivity index (χ4n) is 3.38. The summed E-state index contributed by atoms with van der Waals surface area (Å²) in [4.78, 5) is 26.9. The molecule has 1 fully saturated rings. The Hall–Kier alpha value is -2.89. The average Bonchev–Trinajstić information content (AvgIpc) is 2.97. The van der Waals surface area contributed by atoms with E-state index in [-0.39, 0.29) is 23.8 Å². The molecule has 28 heavy (non-hydrogen) atoms. The molecule has 3 amide bonds. The van der Waals surface area contributed by atoms with Crippen molar-refractivity contribution in [2.45, 2.75) is 38.6 Å². The number of hydrogen-bond acceptors (Lipinski definition) is 2. The summed E-state index contributed by atoms with van der Waals surface area (Å²) < 4.78 is 13.0. The smallest absolute Gasteiger partial charge is 0.319 e. The number of hydrogen-bond donors (Lipinski definition) is 2. The van der Waals surface area contributed by atoms with Crippen LogP contribution < -0.4 is 10.6 Å². The molecule has 0 saturated carbocycles. The van der Waals surface area contributed by atoms with E-state index in [2.05, 4.69) is 10.6 Å². The van der Waals surface area contributed by atoms with Gasteiger partial charge in [0.2, 0.25) is 0 Å².